The van der Waals surface area contributed by atoms with E-state index in [-0.39, 0.29) is 18.1 Å². The first-order valence-electron chi connectivity index (χ1n) is 11.9. The standard InChI is InChI=1S/C29H32O4/c1-2-5-26(21-28(30)31)24-12-10-22(11-13-24)6-3-7-23-8-4-9-27(20-23)25-14-16-29(17-15-25)32-18-19-33-29/h4,8-14,20,26H,3,6-7,15-19,21H2,1H3,(H,30,31). The Morgan fingerprint density at radius 1 is 1.09 bits per heavy atom. The van der Waals surface area contributed by atoms with Gasteiger partial charge in [0.15, 0.2) is 5.79 Å². The van der Waals surface area contributed by atoms with Crippen LogP contribution >= 0.6 is 0 Å². The van der Waals surface area contributed by atoms with E-state index in [4.69, 9.17) is 14.6 Å². The van der Waals surface area contributed by atoms with Crippen molar-refractivity contribution in [1.82, 2.24) is 0 Å². The van der Waals surface area contributed by atoms with Gasteiger partial charge in [-0.05, 0) is 60.4 Å². The first kappa shape index (κ1) is 23.3. The van der Waals surface area contributed by atoms with Crippen molar-refractivity contribution in [1.29, 1.82) is 0 Å². The number of hydrogen-bond donors (Lipinski definition) is 1. The Hall–Kier alpha value is -2.87. The van der Waals surface area contributed by atoms with Crippen molar-refractivity contribution in [3.05, 3.63) is 76.9 Å². The molecular formula is C29H32O4. The van der Waals surface area contributed by atoms with Crippen LogP contribution in [-0.4, -0.2) is 30.1 Å². The minimum atomic E-state index is -0.822. The van der Waals surface area contributed by atoms with Gasteiger partial charge in [-0.25, -0.2) is 0 Å². The van der Waals surface area contributed by atoms with Crippen LogP contribution in [0.4, 0.5) is 0 Å². The number of rotatable bonds is 8. The normalized spacial score (nSPS) is 17.8. The molecule has 1 fully saturated rings. The highest BCUT2D eigenvalue weighted by atomic mass is 16.7. The van der Waals surface area contributed by atoms with Crippen LogP contribution in [0, 0.1) is 11.8 Å². The van der Waals surface area contributed by atoms with Crippen LogP contribution in [0.15, 0.2) is 54.6 Å². The zero-order valence-corrected chi connectivity index (χ0v) is 19.3. The number of benzene rings is 2. The maximum atomic E-state index is 11.1. The third-order valence-electron chi connectivity index (χ3n) is 6.56. The largest absolute Gasteiger partial charge is 0.481 e. The lowest BCUT2D eigenvalue weighted by Crippen LogP contribution is -2.31. The molecule has 4 heteroatoms. The second-order valence-corrected chi connectivity index (χ2v) is 8.88. The third-order valence-corrected chi connectivity index (χ3v) is 6.56. The van der Waals surface area contributed by atoms with E-state index in [1.54, 1.807) is 6.92 Å². The Morgan fingerprint density at radius 3 is 2.52 bits per heavy atom. The summed E-state index contributed by atoms with van der Waals surface area (Å²) < 4.78 is 11.7. The minimum absolute atomic E-state index is 0.0357. The Labute approximate surface area is 196 Å². The number of ether oxygens (including phenoxy) is 2. The van der Waals surface area contributed by atoms with Gasteiger partial charge in [-0.2, -0.15) is 0 Å². The molecule has 172 valence electrons. The van der Waals surface area contributed by atoms with Crippen LogP contribution in [0.5, 0.6) is 0 Å². The van der Waals surface area contributed by atoms with Crippen molar-refractivity contribution >= 4 is 11.5 Å². The lowest BCUT2D eigenvalue weighted by Gasteiger charge is -2.30. The molecule has 0 radical (unpaired) electrons. The maximum Gasteiger partial charge on any atom is 0.304 e. The second-order valence-electron chi connectivity index (χ2n) is 8.88. The van der Waals surface area contributed by atoms with Crippen LogP contribution in [-0.2, 0) is 27.1 Å². The summed E-state index contributed by atoms with van der Waals surface area (Å²) in [5.74, 6) is 4.42. The van der Waals surface area contributed by atoms with Gasteiger partial charge in [0, 0.05) is 12.8 Å². The van der Waals surface area contributed by atoms with Crippen LogP contribution in [0.25, 0.3) is 5.57 Å². The van der Waals surface area contributed by atoms with Crippen LogP contribution in [0.3, 0.4) is 0 Å². The van der Waals surface area contributed by atoms with E-state index >= 15 is 0 Å². The van der Waals surface area contributed by atoms with E-state index in [0.29, 0.717) is 13.2 Å². The highest BCUT2D eigenvalue weighted by Gasteiger charge is 2.37. The third kappa shape index (κ3) is 6.13. The second kappa shape index (κ2) is 10.8. The molecule has 1 atom stereocenters. The Kier molecular flexibility index (Phi) is 7.65. The van der Waals surface area contributed by atoms with Crippen molar-refractivity contribution < 1.29 is 19.4 Å². The highest BCUT2D eigenvalue weighted by molar-refractivity contribution is 5.69. The van der Waals surface area contributed by atoms with Gasteiger partial charge < -0.3 is 14.6 Å². The summed E-state index contributed by atoms with van der Waals surface area (Å²) in [4.78, 5) is 11.1. The van der Waals surface area contributed by atoms with E-state index in [1.807, 2.05) is 12.1 Å². The fraction of sp³-hybridized carbons (Fsp3) is 0.414. The molecule has 0 aromatic heterocycles. The fourth-order valence-corrected chi connectivity index (χ4v) is 4.77. The van der Waals surface area contributed by atoms with Crippen LogP contribution in [0.1, 0.15) is 67.2 Å². The molecule has 0 bridgehead atoms. The monoisotopic (exact) mass is 444 g/mol. The van der Waals surface area contributed by atoms with Crippen molar-refractivity contribution in [3.63, 3.8) is 0 Å². The summed E-state index contributed by atoms with van der Waals surface area (Å²) in [5, 5.41) is 9.12. The van der Waals surface area contributed by atoms with Gasteiger partial charge in [-0.3, -0.25) is 4.79 Å². The van der Waals surface area contributed by atoms with Crippen LogP contribution < -0.4 is 0 Å². The summed E-state index contributed by atoms with van der Waals surface area (Å²) in [6, 6.07) is 17.1. The molecule has 0 saturated carbocycles. The molecule has 2 aromatic rings. The molecule has 2 aromatic carbocycles. The number of aryl methyl sites for hydroxylation is 2. The van der Waals surface area contributed by atoms with Crippen molar-refractivity contribution in [2.24, 2.45) is 0 Å². The fourth-order valence-electron chi connectivity index (χ4n) is 4.77. The summed E-state index contributed by atoms with van der Waals surface area (Å²) in [6.07, 6.45) is 8.16. The quantitative estimate of drug-likeness (QED) is 0.527. The Bertz CT molecular complexity index is 1050. The minimum Gasteiger partial charge on any atom is -0.481 e. The predicted octanol–water partition coefficient (Wildman–Crippen LogP) is 5.75. The number of aliphatic carboxylic acids is 1. The molecule has 1 spiro atoms. The van der Waals surface area contributed by atoms with Gasteiger partial charge in [-0.1, -0.05) is 60.5 Å². The zero-order chi connectivity index (χ0) is 23.1. The molecule has 0 amide bonds. The van der Waals surface area contributed by atoms with Gasteiger partial charge in [-0.15, -0.1) is 5.92 Å². The molecule has 33 heavy (non-hydrogen) atoms. The molecule has 1 heterocycles. The first-order valence-corrected chi connectivity index (χ1v) is 11.9. The van der Waals surface area contributed by atoms with E-state index < -0.39 is 5.97 Å². The molecular weight excluding hydrogens is 412 g/mol. The van der Waals surface area contributed by atoms with Gasteiger partial charge in [0.1, 0.15) is 0 Å². The molecule has 1 aliphatic heterocycles. The van der Waals surface area contributed by atoms with Gasteiger partial charge >= 0.3 is 5.97 Å². The van der Waals surface area contributed by atoms with Crippen molar-refractivity contribution in [2.75, 3.05) is 13.2 Å². The number of carbonyl (C=O) groups is 1. The summed E-state index contributed by atoms with van der Waals surface area (Å²) in [7, 11) is 0. The molecule has 1 aliphatic carbocycles. The maximum absolute atomic E-state index is 11.1. The topological polar surface area (TPSA) is 55.8 Å². The van der Waals surface area contributed by atoms with E-state index in [2.05, 4.69) is 54.3 Å². The first-order chi connectivity index (χ1) is 16.1. The zero-order valence-electron chi connectivity index (χ0n) is 19.3. The average Bonchev–Trinajstić information content (AvgIpc) is 3.27. The van der Waals surface area contributed by atoms with E-state index in [1.165, 1.54) is 22.3 Å². The van der Waals surface area contributed by atoms with Gasteiger partial charge in [0.05, 0.1) is 25.6 Å². The molecule has 4 rings (SSSR count). The average molecular weight is 445 g/mol. The summed E-state index contributed by atoms with van der Waals surface area (Å²) >= 11 is 0. The lowest BCUT2D eigenvalue weighted by atomic mass is 9.89. The van der Waals surface area contributed by atoms with Crippen molar-refractivity contribution in [3.8, 4) is 11.8 Å². The molecule has 1 saturated heterocycles. The smallest absolute Gasteiger partial charge is 0.304 e. The number of allylic oxidation sites excluding steroid dienone is 1. The Morgan fingerprint density at radius 2 is 1.85 bits per heavy atom. The summed E-state index contributed by atoms with van der Waals surface area (Å²) in [5.41, 5.74) is 6.30. The van der Waals surface area contributed by atoms with E-state index in [0.717, 1.165) is 44.1 Å². The van der Waals surface area contributed by atoms with Crippen LogP contribution in [0.2, 0.25) is 0 Å². The number of hydrogen-bond acceptors (Lipinski definition) is 3. The highest BCUT2D eigenvalue weighted by Crippen LogP contribution is 2.38. The predicted molar refractivity (Wildman–Crippen MR) is 130 cm³/mol. The van der Waals surface area contributed by atoms with Crippen molar-refractivity contribution in [2.45, 2.75) is 63.6 Å². The van der Waals surface area contributed by atoms with Gasteiger partial charge in [0.2, 0.25) is 0 Å². The van der Waals surface area contributed by atoms with E-state index in [9.17, 15) is 4.79 Å². The Balaban J connectivity index is 1.31. The molecule has 2 aliphatic rings. The molecule has 1 unspecified atom stereocenters. The number of carboxylic acid groups (broad SMARTS) is 1. The molecule has 1 N–H and O–H groups in total. The number of carboxylic acids is 1. The lowest BCUT2D eigenvalue weighted by molar-refractivity contribution is -0.159. The van der Waals surface area contributed by atoms with Gasteiger partial charge in [0.25, 0.3) is 0 Å². The summed E-state index contributed by atoms with van der Waals surface area (Å²) in [6.45, 7) is 3.16. The SMILES string of the molecule is CC#CC(CC(=O)O)c1ccc(CCCc2cccc(C3=CCC4(CC3)OCCO4)c2)cc1. The molecule has 4 nitrogen and oxygen atoms in total.